The van der Waals surface area contributed by atoms with Gasteiger partial charge in [0.25, 0.3) is 5.91 Å². The molecular formula is C31H31NO9. The predicted molar refractivity (Wildman–Crippen MR) is 151 cm³/mol. The molecule has 0 fully saturated rings. The molecule has 0 aliphatic carbocycles. The van der Waals surface area contributed by atoms with Crippen molar-refractivity contribution in [2.45, 2.75) is 12.5 Å². The fourth-order valence-corrected chi connectivity index (χ4v) is 5.19. The lowest BCUT2D eigenvalue weighted by atomic mass is 9.91. The number of hydrogen-bond donors (Lipinski definition) is 0. The average Bonchev–Trinajstić information content (AvgIpc) is 3.01. The average molecular weight is 562 g/mol. The van der Waals surface area contributed by atoms with Crippen LogP contribution in [0.1, 0.15) is 27.5 Å². The van der Waals surface area contributed by atoms with Crippen LogP contribution in [0.25, 0.3) is 11.0 Å². The molecule has 3 aromatic carbocycles. The number of carbonyl (C=O) groups is 1. The summed E-state index contributed by atoms with van der Waals surface area (Å²) in [5.41, 5.74) is 2.10. The maximum absolute atomic E-state index is 14.1. The van der Waals surface area contributed by atoms with E-state index in [1.807, 2.05) is 24.3 Å². The topological polar surface area (TPSA) is 106 Å². The van der Waals surface area contributed by atoms with Crippen LogP contribution in [0.15, 0.2) is 63.8 Å². The molecule has 4 aromatic rings. The van der Waals surface area contributed by atoms with Gasteiger partial charge in [-0.25, -0.2) is 4.79 Å². The molecule has 0 spiro atoms. The number of amides is 1. The molecule has 0 saturated carbocycles. The van der Waals surface area contributed by atoms with Crippen LogP contribution < -0.4 is 34.0 Å². The van der Waals surface area contributed by atoms with Crippen molar-refractivity contribution in [2.24, 2.45) is 0 Å². The Balaban J connectivity index is 1.58. The quantitative estimate of drug-likeness (QED) is 0.270. The van der Waals surface area contributed by atoms with Gasteiger partial charge in [0.05, 0.1) is 53.0 Å². The molecule has 1 aliphatic heterocycles. The third-order valence-corrected chi connectivity index (χ3v) is 7.18. The highest BCUT2D eigenvalue weighted by Gasteiger charge is 2.34. The summed E-state index contributed by atoms with van der Waals surface area (Å²) in [6.07, 6.45) is 0.584. The van der Waals surface area contributed by atoms with Gasteiger partial charge in [-0.1, -0.05) is 12.1 Å². The van der Waals surface area contributed by atoms with E-state index in [2.05, 4.69) is 0 Å². The molecule has 1 amide bonds. The number of hydrogen-bond acceptors (Lipinski definition) is 9. The van der Waals surface area contributed by atoms with E-state index in [9.17, 15) is 9.59 Å². The SMILES string of the molecule is COc1cc2c(cc1OC)C(COc1cc(=O)oc3ccccc13)N(C(=O)c1cc(OC)c(OC)c(OC)c1)CC2. The van der Waals surface area contributed by atoms with E-state index < -0.39 is 11.7 Å². The third kappa shape index (κ3) is 5.20. The molecule has 1 atom stereocenters. The molecule has 41 heavy (non-hydrogen) atoms. The maximum Gasteiger partial charge on any atom is 0.339 e. The van der Waals surface area contributed by atoms with Crippen molar-refractivity contribution in [2.75, 3.05) is 48.7 Å². The first-order valence-electron chi connectivity index (χ1n) is 12.9. The Morgan fingerprint density at radius 3 is 2.15 bits per heavy atom. The summed E-state index contributed by atoms with van der Waals surface area (Å²) in [4.78, 5) is 28.1. The van der Waals surface area contributed by atoms with Gasteiger partial charge in [0, 0.05) is 12.1 Å². The highest BCUT2D eigenvalue weighted by molar-refractivity contribution is 5.96. The van der Waals surface area contributed by atoms with Crippen LogP contribution in [-0.2, 0) is 6.42 Å². The second-order valence-corrected chi connectivity index (χ2v) is 9.32. The van der Waals surface area contributed by atoms with Crippen LogP contribution in [0.5, 0.6) is 34.5 Å². The monoisotopic (exact) mass is 561 g/mol. The van der Waals surface area contributed by atoms with Gasteiger partial charge in [-0.3, -0.25) is 4.79 Å². The van der Waals surface area contributed by atoms with Gasteiger partial charge in [-0.2, -0.15) is 0 Å². The van der Waals surface area contributed by atoms with Crippen molar-refractivity contribution in [3.8, 4) is 34.5 Å². The lowest BCUT2D eigenvalue weighted by Gasteiger charge is -2.38. The Bertz CT molecular complexity index is 1620. The normalized spacial score (nSPS) is 14.3. The Labute approximate surface area is 236 Å². The van der Waals surface area contributed by atoms with Crippen molar-refractivity contribution in [3.05, 3.63) is 81.7 Å². The molecule has 1 aromatic heterocycles. The largest absolute Gasteiger partial charge is 0.493 e. The first-order chi connectivity index (χ1) is 19.9. The van der Waals surface area contributed by atoms with Gasteiger partial charge in [0.2, 0.25) is 5.75 Å². The Kier molecular flexibility index (Phi) is 7.91. The summed E-state index contributed by atoms with van der Waals surface area (Å²) >= 11 is 0. The minimum absolute atomic E-state index is 0.0616. The molecule has 1 aliphatic rings. The summed E-state index contributed by atoms with van der Waals surface area (Å²) in [6, 6.07) is 15.0. The van der Waals surface area contributed by atoms with Gasteiger partial charge in [0.1, 0.15) is 17.9 Å². The number of nitrogens with zero attached hydrogens (tertiary/aromatic N) is 1. The number of carbonyl (C=O) groups excluding carboxylic acids is 1. The van der Waals surface area contributed by atoms with E-state index in [0.717, 1.165) is 11.1 Å². The van der Waals surface area contributed by atoms with Crippen molar-refractivity contribution in [1.29, 1.82) is 0 Å². The lowest BCUT2D eigenvalue weighted by Crippen LogP contribution is -2.42. The smallest absolute Gasteiger partial charge is 0.339 e. The minimum atomic E-state index is -0.531. The standard InChI is InChI=1S/C31H31NO9/c1-35-25-12-18-10-11-32(31(34)19-13-27(37-3)30(39-5)28(14-19)38-4)22(21(18)15-26(25)36-2)17-40-24-16-29(33)41-23-9-7-6-8-20(23)24/h6-9,12-16,22H,10-11,17H2,1-5H3. The van der Waals surface area contributed by atoms with Crippen molar-refractivity contribution >= 4 is 16.9 Å². The molecule has 10 heteroatoms. The molecule has 10 nitrogen and oxygen atoms in total. The highest BCUT2D eigenvalue weighted by atomic mass is 16.5. The number of para-hydroxylation sites is 1. The number of ether oxygens (including phenoxy) is 6. The zero-order valence-electron chi connectivity index (χ0n) is 23.5. The van der Waals surface area contributed by atoms with Crippen LogP contribution in [0, 0.1) is 0 Å². The summed E-state index contributed by atoms with van der Waals surface area (Å²) in [6.45, 7) is 0.468. The van der Waals surface area contributed by atoms with Crippen molar-refractivity contribution in [3.63, 3.8) is 0 Å². The second-order valence-electron chi connectivity index (χ2n) is 9.32. The zero-order chi connectivity index (χ0) is 29.1. The number of rotatable bonds is 9. The fraction of sp³-hybridized carbons (Fsp3) is 0.290. The molecule has 0 saturated heterocycles. The van der Waals surface area contributed by atoms with E-state index in [-0.39, 0.29) is 12.5 Å². The summed E-state index contributed by atoms with van der Waals surface area (Å²) in [7, 11) is 7.65. The van der Waals surface area contributed by atoms with Crippen molar-refractivity contribution in [1.82, 2.24) is 4.90 Å². The van der Waals surface area contributed by atoms with Gasteiger partial charge in [-0.15, -0.1) is 0 Å². The van der Waals surface area contributed by atoms with E-state index in [1.165, 1.54) is 27.4 Å². The van der Waals surface area contributed by atoms with E-state index in [0.29, 0.717) is 64.0 Å². The Morgan fingerprint density at radius 2 is 1.49 bits per heavy atom. The molecule has 2 heterocycles. The molecule has 1 unspecified atom stereocenters. The number of fused-ring (bicyclic) bond motifs is 2. The molecule has 5 rings (SSSR count). The minimum Gasteiger partial charge on any atom is -0.493 e. The Hall–Kier alpha value is -4.86. The maximum atomic E-state index is 14.1. The molecular weight excluding hydrogens is 530 g/mol. The summed E-state index contributed by atoms with van der Waals surface area (Å²) in [5.74, 6) is 2.37. The fourth-order valence-electron chi connectivity index (χ4n) is 5.19. The van der Waals surface area contributed by atoms with Gasteiger partial charge >= 0.3 is 5.63 Å². The van der Waals surface area contributed by atoms with Crippen LogP contribution in [-0.4, -0.2) is 59.5 Å². The molecule has 0 radical (unpaired) electrons. The van der Waals surface area contributed by atoms with Crippen LogP contribution in [0.3, 0.4) is 0 Å². The van der Waals surface area contributed by atoms with Crippen LogP contribution in [0.2, 0.25) is 0 Å². The second kappa shape index (κ2) is 11.7. The predicted octanol–water partition coefficient (Wildman–Crippen LogP) is 4.65. The zero-order valence-corrected chi connectivity index (χ0v) is 23.5. The highest BCUT2D eigenvalue weighted by Crippen LogP contribution is 2.42. The third-order valence-electron chi connectivity index (χ3n) is 7.18. The van der Waals surface area contributed by atoms with E-state index in [1.54, 1.807) is 43.4 Å². The van der Waals surface area contributed by atoms with Crippen LogP contribution in [0.4, 0.5) is 0 Å². The van der Waals surface area contributed by atoms with Crippen molar-refractivity contribution < 1.29 is 37.6 Å². The van der Waals surface area contributed by atoms with Gasteiger partial charge < -0.3 is 37.7 Å². The first kappa shape index (κ1) is 27.7. The molecule has 0 bridgehead atoms. The van der Waals surface area contributed by atoms with Gasteiger partial charge in [0.15, 0.2) is 23.0 Å². The molecule has 0 N–H and O–H groups in total. The Morgan fingerprint density at radius 1 is 0.829 bits per heavy atom. The lowest BCUT2D eigenvalue weighted by molar-refractivity contribution is 0.0589. The van der Waals surface area contributed by atoms with E-state index in [4.69, 9.17) is 32.8 Å². The first-order valence-corrected chi connectivity index (χ1v) is 12.9. The van der Waals surface area contributed by atoms with Gasteiger partial charge in [-0.05, 0) is 53.9 Å². The number of benzene rings is 3. The number of methoxy groups -OCH3 is 5. The van der Waals surface area contributed by atoms with E-state index >= 15 is 0 Å². The summed E-state index contributed by atoms with van der Waals surface area (Å²) in [5, 5.41) is 0.651. The summed E-state index contributed by atoms with van der Waals surface area (Å²) < 4.78 is 39.1. The van der Waals surface area contributed by atoms with Crippen LogP contribution >= 0.6 is 0 Å². The molecule has 214 valence electrons.